The Morgan fingerprint density at radius 3 is 2.60 bits per heavy atom. The minimum atomic E-state index is -2.76. The van der Waals surface area contributed by atoms with Gasteiger partial charge in [-0.1, -0.05) is 6.42 Å². The molecule has 1 unspecified atom stereocenters. The van der Waals surface area contributed by atoms with Crippen LogP contribution >= 0.6 is 12.4 Å². The van der Waals surface area contributed by atoms with Crippen LogP contribution in [0.25, 0.3) is 0 Å². The predicted octanol–water partition coefficient (Wildman–Crippen LogP) is 1.73. The lowest BCUT2D eigenvalue weighted by Gasteiger charge is -2.42. The number of hydrogen-bond acceptors (Lipinski definition) is 3. The van der Waals surface area contributed by atoms with Crippen LogP contribution in [0, 0.1) is 5.41 Å². The minimum Gasteiger partial charge on any atom is -0.385 e. The van der Waals surface area contributed by atoms with E-state index in [1.54, 1.807) is 7.11 Å². The van der Waals surface area contributed by atoms with Crippen molar-refractivity contribution < 1.29 is 18.3 Å². The average Bonchev–Trinajstić information content (AvgIpc) is 2.68. The maximum Gasteiger partial charge on any atom is 0.262 e. The average molecular weight is 313 g/mol. The SMILES string of the molecule is COCCC1(CNC(=O)C2CC(F)(F)CN2)CCC1.Cl. The van der Waals surface area contributed by atoms with Gasteiger partial charge in [0.1, 0.15) is 0 Å². The Labute approximate surface area is 124 Å². The Hall–Kier alpha value is -0.460. The van der Waals surface area contributed by atoms with Gasteiger partial charge >= 0.3 is 0 Å². The Morgan fingerprint density at radius 2 is 2.15 bits per heavy atom. The van der Waals surface area contributed by atoms with Crippen LogP contribution in [0.3, 0.4) is 0 Å². The molecule has 4 nitrogen and oxygen atoms in total. The first-order valence-corrected chi connectivity index (χ1v) is 6.84. The molecule has 1 saturated heterocycles. The number of carbonyl (C=O) groups excluding carboxylic acids is 1. The molecule has 2 fully saturated rings. The van der Waals surface area contributed by atoms with E-state index in [1.165, 1.54) is 6.42 Å². The second kappa shape index (κ2) is 7.00. The van der Waals surface area contributed by atoms with E-state index in [1.807, 2.05) is 0 Å². The van der Waals surface area contributed by atoms with Crippen LogP contribution in [0.2, 0.25) is 0 Å². The molecule has 1 heterocycles. The van der Waals surface area contributed by atoms with Gasteiger partial charge in [-0.05, 0) is 24.7 Å². The summed E-state index contributed by atoms with van der Waals surface area (Å²) in [6.07, 6.45) is 3.83. The quantitative estimate of drug-likeness (QED) is 0.785. The monoisotopic (exact) mass is 312 g/mol. The van der Waals surface area contributed by atoms with Crippen LogP contribution in [-0.2, 0) is 9.53 Å². The van der Waals surface area contributed by atoms with Crippen molar-refractivity contribution in [3.05, 3.63) is 0 Å². The molecule has 0 aromatic heterocycles. The van der Waals surface area contributed by atoms with Crippen LogP contribution in [0.4, 0.5) is 8.78 Å². The fraction of sp³-hybridized carbons (Fsp3) is 0.923. The fourth-order valence-corrected chi connectivity index (χ4v) is 2.81. The van der Waals surface area contributed by atoms with Gasteiger partial charge in [0, 0.05) is 26.7 Å². The van der Waals surface area contributed by atoms with E-state index in [2.05, 4.69) is 10.6 Å². The van der Waals surface area contributed by atoms with Crippen LogP contribution in [0.15, 0.2) is 0 Å². The molecule has 0 spiro atoms. The number of rotatable bonds is 6. The Bertz CT molecular complexity index is 338. The Morgan fingerprint density at radius 1 is 1.45 bits per heavy atom. The Kier molecular flexibility index (Phi) is 6.16. The van der Waals surface area contributed by atoms with Crippen molar-refractivity contribution in [1.29, 1.82) is 0 Å². The van der Waals surface area contributed by atoms with Crippen LogP contribution in [0.5, 0.6) is 0 Å². The molecule has 2 aliphatic rings. The number of amides is 1. The van der Waals surface area contributed by atoms with Crippen molar-refractivity contribution in [1.82, 2.24) is 10.6 Å². The van der Waals surface area contributed by atoms with Gasteiger partial charge in [0.2, 0.25) is 5.91 Å². The molecule has 1 saturated carbocycles. The van der Waals surface area contributed by atoms with Gasteiger partial charge in [-0.2, -0.15) is 0 Å². The summed E-state index contributed by atoms with van der Waals surface area (Å²) in [4.78, 5) is 11.9. The molecule has 0 bridgehead atoms. The van der Waals surface area contributed by atoms with E-state index in [9.17, 15) is 13.6 Å². The van der Waals surface area contributed by atoms with Gasteiger partial charge in [0.05, 0.1) is 12.6 Å². The third kappa shape index (κ3) is 4.27. The zero-order chi connectivity index (χ0) is 13.9. The van der Waals surface area contributed by atoms with E-state index in [4.69, 9.17) is 4.74 Å². The smallest absolute Gasteiger partial charge is 0.262 e. The number of methoxy groups -OCH3 is 1. The maximum absolute atomic E-state index is 13.0. The summed E-state index contributed by atoms with van der Waals surface area (Å²) in [5.41, 5.74) is 0.118. The minimum absolute atomic E-state index is 0. The number of alkyl halides is 2. The van der Waals surface area contributed by atoms with Gasteiger partial charge in [-0.3, -0.25) is 10.1 Å². The number of carbonyl (C=O) groups is 1. The van der Waals surface area contributed by atoms with E-state index >= 15 is 0 Å². The van der Waals surface area contributed by atoms with Crippen LogP contribution in [0.1, 0.15) is 32.1 Å². The van der Waals surface area contributed by atoms with Crippen molar-refractivity contribution >= 4 is 18.3 Å². The third-order valence-electron chi connectivity index (χ3n) is 4.31. The summed E-state index contributed by atoms with van der Waals surface area (Å²) in [7, 11) is 1.66. The highest BCUT2D eigenvalue weighted by molar-refractivity contribution is 5.85. The third-order valence-corrected chi connectivity index (χ3v) is 4.31. The van der Waals surface area contributed by atoms with E-state index in [0.29, 0.717) is 13.2 Å². The summed E-state index contributed by atoms with van der Waals surface area (Å²) < 4.78 is 31.1. The highest BCUT2D eigenvalue weighted by Gasteiger charge is 2.43. The second-order valence-electron chi connectivity index (χ2n) is 5.81. The van der Waals surface area contributed by atoms with Crippen molar-refractivity contribution in [3.8, 4) is 0 Å². The molecule has 0 radical (unpaired) electrons. The van der Waals surface area contributed by atoms with Crippen LogP contribution < -0.4 is 10.6 Å². The molecule has 20 heavy (non-hydrogen) atoms. The molecule has 0 aromatic rings. The summed E-state index contributed by atoms with van der Waals surface area (Å²) in [6.45, 7) is 0.842. The molecule has 1 aliphatic heterocycles. The van der Waals surface area contributed by atoms with E-state index in [0.717, 1.165) is 19.3 Å². The van der Waals surface area contributed by atoms with Crippen LogP contribution in [-0.4, -0.2) is 44.7 Å². The molecule has 1 amide bonds. The zero-order valence-corrected chi connectivity index (χ0v) is 12.5. The highest BCUT2D eigenvalue weighted by Crippen LogP contribution is 2.43. The molecular formula is C13H23ClF2N2O2. The van der Waals surface area contributed by atoms with Crippen molar-refractivity contribution in [2.45, 2.75) is 44.1 Å². The molecule has 1 aliphatic carbocycles. The van der Waals surface area contributed by atoms with Crippen molar-refractivity contribution in [2.24, 2.45) is 5.41 Å². The first-order chi connectivity index (χ1) is 8.96. The lowest BCUT2D eigenvalue weighted by Crippen LogP contribution is -2.47. The summed E-state index contributed by atoms with van der Waals surface area (Å²) in [5.74, 6) is -3.06. The lowest BCUT2D eigenvalue weighted by molar-refractivity contribution is -0.124. The van der Waals surface area contributed by atoms with Crippen molar-refractivity contribution in [2.75, 3.05) is 26.8 Å². The first kappa shape index (κ1) is 17.6. The highest BCUT2D eigenvalue weighted by atomic mass is 35.5. The second-order valence-corrected chi connectivity index (χ2v) is 5.81. The topological polar surface area (TPSA) is 50.4 Å². The summed E-state index contributed by atoms with van der Waals surface area (Å²) in [5, 5.41) is 5.40. The summed E-state index contributed by atoms with van der Waals surface area (Å²) in [6, 6.07) is -0.755. The summed E-state index contributed by atoms with van der Waals surface area (Å²) >= 11 is 0. The van der Waals surface area contributed by atoms with E-state index in [-0.39, 0.29) is 23.7 Å². The van der Waals surface area contributed by atoms with Crippen molar-refractivity contribution in [3.63, 3.8) is 0 Å². The number of nitrogens with one attached hydrogen (secondary N) is 2. The standard InChI is InChI=1S/C13H22F2N2O2.ClH/c1-19-6-5-12(3-2-4-12)8-17-11(18)10-7-13(14,15)9-16-10;/h10,16H,2-9H2,1H3,(H,17,18);1H. The first-order valence-electron chi connectivity index (χ1n) is 6.84. The molecule has 7 heteroatoms. The number of ether oxygens (including phenoxy) is 1. The molecule has 0 aromatic carbocycles. The largest absolute Gasteiger partial charge is 0.385 e. The number of hydrogen-bond donors (Lipinski definition) is 2. The normalized spacial score (nSPS) is 26.4. The van der Waals surface area contributed by atoms with Gasteiger partial charge in [0.25, 0.3) is 5.92 Å². The molecule has 1 atom stereocenters. The van der Waals surface area contributed by atoms with Gasteiger partial charge in [-0.25, -0.2) is 8.78 Å². The van der Waals surface area contributed by atoms with Gasteiger partial charge in [0.15, 0.2) is 0 Å². The molecule has 2 N–H and O–H groups in total. The molecular weight excluding hydrogens is 290 g/mol. The molecule has 2 rings (SSSR count). The zero-order valence-electron chi connectivity index (χ0n) is 11.7. The maximum atomic E-state index is 13.0. The van der Waals surface area contributed by atoms with E-state index < -0.39 is 24.9 Å². The van der Waals surface area contributed by atoms with Gasteiger partial charge in [-0.15, -0.1) is 12.4 Å². The Balaban J connectivity index is 0.00000200. The molecule has 118 valence electrons. The lowest BCUT2D eigenvalue weighted by atomic mass is 9.66. The predicted molar refractivity (Wildman–Crippen MR) is 74.4 cm³/mol. The fourth-order valence-electron chi connectivity index (χ4n) is 2.81. The number of halogens is 3. The van der Waals surface area contributed by atoms with Gasteiger partial charge < -0.3 is 10.1 Å².